The molecule has 3 aromatic rings. The summed E-state index contributed by atoms with van der Waals surface area (Å²) in [5.74, 6) is 0. The fourth-order valence-electron chi connectivity index (χ4n) is 3.12. The molecule has 0 aliphatic heterocycles. The van der Waals surface area contributed by atoms with Crippen LogP contribution in [0.3, 0.4) is 0 Å². The van der Waals surface area contributed by atoms with Crippen LogP contribution in [0.15, 0.2) is 47.2 Å². The summed E-state index contributed by atoms with van der Waals surface area (Å²) < 4.78 is 1.99. The van der Waals surface area contributed by atoms with Crippen LogP contribution in [0.1, 0.15) is 41.7 Å². The fraction of sp³-hybridized carbons (Fsp3) is 0.217. The van der Waals surface area contributed by atoms with Gasteiger partial charge < -0.3 is 0 Å². The van der Waals surface area contributed by atoms with E-state index in [1.165, 1.54) is 16.7 Å². The second-order valence-electron chi connectivity index (χ2n) is 6.49. The zero-order valence-corrected chi connectivity index (χ0v) is 19.5. The van der Waals surface area contributed by atoms with Crippen molar-refractivity contribution in [1.29, 1.82) is 0 Å². The maximum atomic E-state index is 4.65. The van der Waals surface area contributed by atoms with E-state index in [-0.39, 0.29) is 0 Å². The van der Waals surface area contributed by atoms with Crippen LogP contribution in [0.25, 0.3) is 23.4 Å². The van der Waals surface area contributed by atoms with E-state index < -0.39 is 0 Å². The van der Waals surface area contributed by atoms with Gasteiger partial charge in [0.1, 0.15) is 3.70 Å². The minimum absolute atomic E-state index is 0.947. The van der Waals surface area contributed by atoms with E-state index in [1.54, 1.807) is 0 Å². The second-order valence-corrected chi connectivity index (χ2v) is 8.43. The zero-order chi connectivity index (χ0) is 19.4. The number of nitrogens with zero attached hydrogens (tertiary/aromatic N) is 2. The van der Waals surface area contributed by atoms with Crippen molar-refractivity contribution in [3.8, 4) is 11.3 Å². The van der Waals surface area contributed by atoms with E-state index in [4.69, 9.17) is 0 Å². The van der Waals surface area contributed by atoms with Gasteiger partial charge in [-0.2, -0.15) is 0 Å². The Labute approximate surface area is 183 Å². The molecule has 0 radical (unpaired) electrons. The summed E-state index contributed by atoms with van der Waals surface area (Å²) in [6, 6.07) is 11.0. The van der Waals surface area contributed by atoms with Gasteiger partial charge in [0.2, 0.25) is 0 Å². The average Bonchev–Trinajstić information content (AvgIpc) is 2.68. The van der Waals surface area contributed by atoms with Gasteiger partial charge in [-0.25, -0.2) is 4.98 Å². The van der Waals surface area contributed by atoms with Crippen LogP contribution >= 0.6 is 38.5 Å². The number of hydrogen-bond donors (Lipinski definition) is 0. The molecule has 0 unspecified atom stereocenters. The number of pyridine rings is 2. The molecule has 0 N–H and O–H groups in total. The lowest BCUT2D eigenvalue weighted by Gasteiger charge is -2.09. The van der Waals surface area contributed by atoms with E-state index in [2.05, 4.69) is 112 Å². The maximum Gasteiger partial charge on any atom is 0.104 e. The lowest BCUT2D eigenvalue weighted by molar-refractivity contribution is 1.04. The molecule has 0 saturated carbocycles. The van der Waals surface area contributed by atoms with E-state index in [0.717, 1.165) is 43.4 Å². The Balaban J connectivity index is 2.00. The Kier molecular flexibility index (Phi) is 6.82. The van der Waals surface area contributed by atoms with Crippen molar-refractivity contribution in [2.75, 3.05) is 0 Å². The highest BCUT2D eigenvalue weighted by Crippen LogP contribution is 2.27. The van der Waals surface area contributed by atoms with Crippen LogP contribution in [0.2, 0.25) is 0 Å². The number of aryl methyl sites for hydroxylation is 3. The number of benzene rings is 1. The predicted molar refractivity (Wildman–Crippen MR) is 127 cm³/mol. The predicted octanol–water partition coefficient (Wildman–Crippen LogP) is 7.11. The van der Waals surface area contributed by atoms with Crippen molar-refractivity contribution < 1.29 is 0 Å². The molecule has 2 heterocycles. The van der Waals surface area contributed by atoms with Crippen molar-refractivity contribution in [1.82, 2.24) is 9.97 Å². The average molecular weight is 533 g/mol. The van der Waals surface area contributed by atoms with Crippen molar-refractivity contribution in [2.24, 2.45) is 0 Å². The monoisotopic (exact) mass is 532 g/mol. The van der Waals surface area contributed by atoms with Gasteiger partial charge >= 0.3 is 0 Å². The number of hydrogen-bond acceptors (Lipinski definition) is 2. The zero-order valence-electron chi connectivity index (χ0n) is 15.8. The van der Waals surface area contributed by atoms with Gasteiger partial charge in [-0.05, 0) is 92.7 Å². The molecule has 2 aromatic heterocycles. The number of rotatable bonds is 5. The molecule has 2 nitrogen and oxygen atoms in total. The highest BCUT2D eigenvalue weighted by atomic mass is 127. The Bertz CT molecular complexity index is 996. The number of aromatic nitrogens is 2. The third-order valence-corrected chi connectivity index (χ3v) is 6.18. The first kappa shape index (κ1) is 20.2. The first-order valence-corrected chi connectivity index (χ1v) is 11.0. The van der Waals surface area contributed by atoms with Crippen LogP contribution in [-0.2, 0) is 12.8 Å². The third-order valence-electron chi connectivity index (χ3n) is 4.62. The molecule has 138 valence electrons. The van der Waals surface area contributed by atoms with Gasteiger partial charge in [-0.3, -0.25) is 4.98 Å². The van der Waals surface area contributed by atoms with Gasteiger partial charge in [0, 0.05) is 28.0 Å². The van der Waals surface area contributed by atoms with Crippen LogP contribution < -0.4 is 0 Å². The summed E-state index contributed by atoms with van der Waals surface area (Å²) in [6.07, 6.45) is 10.2. The fourth-order valence-corrected chi connectivity index (χ4v) is 3.76. The van der Waals surface area contributed by atoms with Crippen molar-refractivity contribution in [3.63, 3.8) is 0 Å². The summed E-state index contributed by atoms with van der Waals surface area (Å²) in [5.41, 5.74) is 8.29. The van der Waals surface area contributed by atoms with Crippen molar-refractivity contribution >= 4 is 50.7 Å². The highest BCUT2D eigenvalue weighted by Gasteiger charge is 2.08. The van der Waals surface area contributed by atoms with Gasteiger partial charge in [0.25, 0.3) is 0 Å². The molecule has 0 amide bonds. The molecule has 0 aliphatic carbocycles. The van der Waals surface area contributed by atoms with Crippen LogP contribution in [-0.4, -0.2) is 9.97 Å². The summed E-state index contributed by atoms with van der Waals surface area (Å²) in [5, 5.41) is 0. The van der Waals surface area contributed by atoms with Crippen molar-refractivity contribution in [3.05, 3.63) is 78.7 Å². The molecule has 0 aliphatic rings. The summed E-state index contributed by atoms with van der Waals surface area (Å²) in [4.78, 5) is 9.14. The molecule has 1 aromatic carbocycles. The highest BCUT2D eigenvalue weighted by molar-refractivity contribution is 14.1. The number of halogens is 2. The molecule has 0 saturated heterocycles. The quantitative estimate of drug-likeness (QED) is 0.258. The Morgan fingerprint density at radius 3 is 2.44 bits per heavy atom. The first-order chi connectivity index (χ1) is 13.0. The van der Waals surface area contributed by atoms with Gasteiger partial charge in [-0.1, -0.05) is 44.2 Å². The largest absolute Gasteiger partial charge is 0.254 e. The summed E-state index contributed by atoms with van der Waals surface area (Å²) in [6.45, 7) is 6.50. The van der Waals surface area contributed by atoms with E-state index >= 15 is 0 Å². The molecule has 0 atom stereocenters. The molecule has 3 rings (SSSR count). The normalized spacial score (nSPS) is 11.3. The van der Waals surface area contributed by atoms with E-state index in [0.29, 0.717) is 0 Å². The first-order valence-electron chi connectivity index (χ1n) is 9.09. The van der Waals surface area contributed by atoms with Gasteiger partial charge in [0.15, 0.2) is 0 Å². The molecule has 27 heavy (non-hydrogen) atoms. The SMILES string of the molecule is CCc1ccc(/C=C/c2cc(Br)cnc2-c2cnc(I)c(C)c2)cc1CC. The molecule has 0 spiro atoms. The summed E-state index contributed by atoms with van der Waals surface area (Å²) in [7, 11) is 0. The van der Waals surface area contributed by atoms with Gasteiger partial charge in [-0.15, -0.1) is 0 Å². The topological polar surface area (TPSA) is 25.8 Å². The molecule has 0 fully saturated rings. The van der Waals surface area contributed by atoms with Crippen LogP contribution in [0.5, 0.6) is 0 Å². The molecular weight excluding hydrogens is 511 g/mol. The third kappa shape index (κ3) is 4.85. The maximum absolute atomic E-state index is 4.65. The minimum atomic E-state index is 0.947. The second kappa shape index (κ2) is 9.11. The summed E-state index contributed by atoms with van der Waals surface area (Å²) >= 11 is 5.81. The van der Waals surface area contributed by atoms with E-state index in [1.807, 2.05) is 12.4 Å². The van der Waals surface area contributed by atoms with E-state index in [9.17, 15) is 0 Å². The lowest BCUT2D eigenvalue weighted by Crippen LogP contribution is -1.93. The van der Waals surface area contributed by atoms with Crippen LogP contribution in [0, 0.1) is 10.6 Å². The molecule has 0 bridgehead atoms. The Morgan fingerprint density at radius 1 is 0.963 bits per heavy atom. The smallest absolute Gasteiger partial charge is 0.104 e. The van der Waals surface area contributed by atoms with Crippen molar-refractivity contribution in [2.45, 2.75) is 33.6 Å². The molecular formula is C23H22BrIN2. The Hall–Kier alpha value is -1.53. The van der Waals surface area contributed by atoms with Gasteiger partial charge in [0.05, 0.1) is 5.69 Å². The standard InChI is InChI=1S/C23H22BrIN2/c1-4-17-8-6-16(11-18(17)5-2)7-9-19-12-21(24)14-26-22(19)20-10-15(3)23(25)27-13-20/h6-14H,4-5H2,1-3H3/b9-7+. The Morgan fingerprint density at radius 2 is 1.74 bits per heavy atom. The lowest BCUT2D eigenvalue weighted by atomic mass is 9.99. The molecule has 4 heteroatoms. The minimum Gasteiger partial charge on any atom is -0.254 e. The van der Waals surface area contributed by atoms with Crippen LogP contribution in [0.4, 0.5) is 0 Å².